The second-order valence-corrected chi connectivity index (χ2v) is 11.6. The molecule has 1 aliphatic carbocycles. The number of fused-ring (bicyclic) bond motifs is 3. The molecule has 3 aromatic carbocycles. The largest absolute Gasteiger partial charge is 0.465 e. The van der Waals surface area contributed by atoms with Crippen molar-refractivity contribution < 1.29 is 14.3 Å². The Morgan fingerprint density at radius 2 is 1.79 bits per heavy atom. The molecule has 0 bridgehead atoms. The van der Waals surface area contributed by atoms with E-state index in [-0.39, 0.29) is 29.1 Å². The predicted molar refractivity (Wildman–Crippen MR) is 158 cm³/mol. The standard InChI is InChI=1S/C31H30ClN3O3S/c1-18(34-35-30(36)19(2)39-24-14-12-23(32)13-15-24)22-11-16-28-27(17-22)25-5-4-6-26(25)29(33-28)20-7-9-21(10-8-20)31(37)38-3/h4-5,7-17,19,25-26,29,33H,6H2,1-3H3,(H,35,36)/b34-18-/t19-,25-,26+,29+/m1/s1. The number of methoxy groups -OCH3 is 1. The van der Waals surface area contributed by atoms with Crippen molar-refractivity contribution in [3.8, 4) is 0 Å². The van der Waals surface area contributed by atoms with Gasteiger partial charge in [0.1, 0.15) is 0 Å². The highest BCUT2D eigenvalue weighted by molar-refractivity contribution is 8.00. The fourth-order valence-corrected chi connectivity index (χ4v) is 6.15. The molecule has 0 fully saturated rings. The molecule has 1 amide bonds. The van der Waals surface area contributed by atoms with Gasteiger partial charge in [-0.3, -0.25) is 4.79 Å². The van der Waals surface area contributed by atoms with E-state index in [0.717, 1.165) is 33.8 Å². The van der Waals surface area contributed by atoms with Gasteiger partial charge in [-0.05, 0) is 91.4 Å². The topological polar surface area (TPSA) is 79.8 Å². The smallest absolute Gasteiger partial charge is 0.337 e. The van der Waals surface area contributed by atoms with E-state index in [0.29, 0.717) is 16.5 Å². The second kappa shape index (κ2) is 11.7. The third kappa shape index (κ3) is 5.89. The van der Waals surface area contributed by atoms with E-state index in [1.165, 1.54) is 24.4 Å². The maximum Gasteiger partial charge on any atom is 0.337 e. The number of amides is 1. The number of anilines is 1. The zero-order chi connectivity index (χ0) is 27.5. The van der Waals surface area contributed by atoms with Crippen molar-refractivity contribution in [1.82, 2.24) is 5.43 Å². The summed E-state index contributed by atoms with van der Waals surface area (Å²) >= 11 is 7.41. The van der Waals surface area contributed by atoms with Crippen molar-refractivity contribution >= 4 is 46.6 Å². The molecule has 0 unspecified atom stereocenters. The number of esters is 1. The van der Waals surface area contributed by atoms with E-state index < -0.39 is 0 Å². The molecule has 2 aliphatic rings. The van der Waals surface area contributed by atoms with Gasteiger partial charge in [0.2, 0.25) is 0 Å². The van der Waals surface area contributed by atoms with Crippen LogP contribution in [-0.2, 0) is 9.53 Å². The van der Waals surface area contributed by atoms with Crippen LogP contribution in [0.5, 0.6) is 0 Å². The molecule has 0 saturated heterocycles. The molecule has 8 heteroatoms. The van der Waals surface area contributed by atoms with Gasteiger partial charge < -0.3 is 10.1 Å². The summed E-state index contributed by atoms with van der Waals surface area (Å²) in [5, 5.41) is 8.49. The van der Waals surface area contributed by atoms with E-state index in [1.807, 2.05) is 68.4 Å². The number of benzene rings is 3. The molecular weight excluding hydrogens is 530 g/mol. The van der Waals surface area contributed by atoms with E-state index in [2.05, 4.69) is 40.1 Å². The molecule has 6 nitrogen and oxygen atoms in total. The predicted octanol–water partition coefficient (Wildman–Crippen LogP) is 6.97. The zero-order valence-corrected chi connectivity index (χ0v) is 23.6. The first kappa shape index (κ1) is 27.0. The Labute approximate surface area is 237 Å². The van der Waals surface area contributed by atoms with Crippen molar-refractivity contribution in [2.45, 2.75) is 42.4 Å². The zero-order valence-electron chi connectivity index (χ0n) is 22.0. The van der Waals surface area contributed by atoms with Crippen LogP contribution in [0.25, 0.3) is 0 Å². The number of nitrogens with one attached hydrogen (secondary N) is 2. The fraction of sp³-hybridized carbons (Fsp3) is 0.258. The summed E-state index contributed by atoms with van der Waals surface area (Å²) < 4.78 is 4.84. The monoisotopic (exact) mass is 559 g/mol. The van der Waals surface area contributed by atoms with Crippen LogP contribution in [0.15, 0.2) is 88.9 Å². The van der Waals surface area contributed by atoms with Gasteiger partial charge in [0.25, 0.3) is 5.91 Å². The van der Waals surface area contributed by atoms with Crippen molar-refractivity contribution in [3.63, 3.8) is 0 Å². The highest BCUT2D eigenvalue weighted by Gasteiger charge is 2.38. The summed E-state index contributed by atoms with van der Waals surface area (Å²) in [6.07, 6.45) is 5.50. The third-order valence-electron chi connectivity index (χ3n) is 7.30. The minimum absolute atomic E-state index is 0.128. The molecule has 4 atom stereocenters. The Kier molecular flexibility index (Phi) is 8.10. The number of carbonyl (C=O) groups excluding carboxylic acids is 2. The molecule has 0 radical (unpaired) electrons. The van der Waals surface area contributed by atoms with Crippen molar-refractivity contribution in [2.24, 2.45) is 11.0 Å². The van der Waals surface area contributed by atoms with Crippen molar-refractivity contribution in [1.29, 1.82) is 0 Å². The molecule has 200 valence electrons. The average Bonchev–Trinajstić information content (AvgIpc) is 3.46. The molecule has 0 saturated carbocycles. The van der Waals surface area contributed by atoms with Crippen molar-refractivity contribution in [2.75, 3.05) is 12.4 Å². The van der Waals surface area contributed by atoms with Gasteiger partial charge >= 0.3 is 5.97 Å². The van der Waals surface area contributed by atoms with E-state index in [9.17, 15) is 9.59 Å². The van der Waals surface area contributed by atoms with E-state index in [4.69, 9.17) is 16.3 Å². The number of rotatable bonds is 7. The summed E-state index contributed by atoms with van der Waals surface area (Å²) in [6, 6.07) is 21.5. The number of hydrogen-bond donors (Lipinski definition) is 2. The SMILES string of the molecule is COC(=O)c1ccc([C@@H]2Nc3ccc(/C(C)=N\NC(=O)[C@@H](C)Sc4ccc(Cl)cc4)cc3[C@@H]3C=CC[C@@H]32)cc1. The maximum absolute atomic E-state index is 12.7. The van der Waals surface area contributed by atoms with Crippen LogP contribution in [0.4, 0.5) is 5.69 Å². The molecule has 3 aromatic rings. The molecule has 1 aliphatic heterocycles. The van der Waals surface area contributed by atoms with Gasteiger partial charge in [0.05, 0.1) is 29.7 Å². The summed E-state index contributed by atoms with van der Waals surface area (Å²) in [5.74, 6) is 0.136. The van der Waals surface area contributed by atoms with Crippen LogP contribution in [-0.4, -0.2) is 29.9 Å². The lowest BCUT2D eigenvalue weighted by atomic mass is 9.76. The van der Waals surface area contributed by atoms with E-state index in [1.54, 1.807) is 0 Å². The van der Waals surface area contributed by atoms with Crippen LogP contribution >= 0.6 is 23.4 Å². The highest BCUT2D eigenvalue weighted by atomic mass is 35.5. The Bertz CT molecular complexity index is 1440. The maximum atomic E-state index is 12.7. The highest BCUT2D eigenvalue weighted by Crippen LogP contribution is 2.50. The lowest BCUT2D eigenvalue weighted by molar-refractivity contribution is -0.120. The number of allylic oxidation sites excluding steroid dienone is 2. The number of hydrogen-bond acceptors (Lipinski definition) is 6. The minimum atomic E-state index is -0.334. The lowest BCUT2D eigenvalue weighted by Gasteiger charge is -2.37. The molecule has 1 heterocycles. The van der Waals surface area contributed by atoms with Gasteiger partial charge in [-0.15, -0.1) is 11.8 Å². The van der Waals surface area contributed by atoms with Gasteiger partial charge in [-0.25, -0.2) is 10.2 Å². The van der Waals surface area contributed by atoms with Crippen LogP contribution in [0.3, 0.4) is 0 Å². The first-order valence-corrected chi connectivity index (χ1v) is 14.1. The quantitative estimate of drug-likeness (QED) is 0.107. The summed E-state index contributed by atoms with van der Waals surface area (Å²) in [7, 11) is 1.39. The number of thioether (sulfide) groups is 1. The van der Waals surface area contributed by atoms with Gasteiger partial charge in [0, 0.05) is 21.5 Å². The summed E-state index contributed by atoms with van der Waals surface area (Å²) in [6.45, 7) is 3.76. The molecule has 0 aromatic heterocycles. The fourth-order valence-electron chi connectivity index (χ4n) is 5.16. The Hall–Kier alpha value is -3.55. The number of carbonyl (C=O) groups is 2. The van der Waals surface area contributed by atoms with Crippen LogP contribution in [0.1, 0.15) is 59.3 Å². The number of halogens is 1. The second-order valence-electron chi connectivity index (χ2n) is 9.78. The Balaban J connectivity index is 1.29. The molecule has 2 N–H and O–H groups in total. The third-order valence-corrected chi connectivity index (χ3v) is 8.66. The summed E-state index contributed by atoms with van der Waals surface area (Å²) in [5.41, 5.74) is 8.42. The summed E-state index contributed by atoms with van der Waals surface area (Å²) in [4.78, 5) is 25.5. The normalized spacial score (nSPS) is 20.4. The number of nitrogens with zero attached hydrogens (tertiary/aromatic N) is 1. The first-order valence-electron chi connectivity index (χ1n) is 12.9. The van der Waals surface area contributed by atoms with Crippen LogP contribution in [0.2, 0.25) is 5.02 Å². The van der Waals surface area contributed by atoms with Gasteiger partial charge in [-0.1, -0.05) is 42.0 Å². The van der Waals surface area contributed by atoms with Gasteiger partial charge in [0.15, 0.2) is 0 Å². The lowest BCUT2D eigenvalue weighted by Crippen LogP contribution is -2.29. The van der Waals surface area contributed by atoms with Crippen LogP contribution < -0.4 is 10.7 Å². The van der Waals surface area contributed by atoms with Crippen molar-refractivity contribution in [3.05, 3.63) is 106 Å². The Morgan fingerprint density at radius 1 is 1.08 bits per heavy atom. The molecule has 5 rings (SSSR count). The number of ether oxygens (including phenoxy) is 1. The molecule has 0 spiro atoms. The molecular formula is C31H30ClN3O3S. The molecule has 39 heavy (non-hydrogen) atoms. The first-order chi connectivity index (χ1) is 18.8. The average molecular weight is 560 g/mol. The van der Waals surface area contributed by atoms with Crippen LogP contribution in [0, 0.1) is 5.92 Å². The number of hydrazone groups is 1. The van der Waals surface area contributed by atoms with E-state index >= 15 is 0 Å². The minimum Gasteiger partial charge on any atom is -0.465 e. The Morgan fingerprint density at radius 3 is 2.51 bits per heavy atom. The van der Waals surface area contributed by atoms with Gasteiger partial charge in [-0.2, -0.15) is 5.10 Å².